The van der Waals surface area contributed by atoms with Crippen molar-refractivity contribution in [3.05, 3.63) is 69.0 Å². The van der Waals surface area contributed by atoms with Crippen LogP contribution in [0.1, 0.15) is 0 Å². The number of carbonyl (C=O) groups is 1. The molecule has 1 heterocycles. The second-order valence-corrected chi connectivity index (χ2v) is 6.47. The molecule has 32 heavy (non-hydrogen) atoms. The molecule has 3 rings (SSSR count). The van der Waals surface area contributed by atoms with Gasteiger partial charge in [-0.05, 0) is 30.3 Å². The number of non-ortho nitro benzene ring substituents is 1. The molecule has 11 nitrogen and oxygen atoms in total. The predicted octanol–water partition coefficient (Wildman–Crippen LogP) is 2.48. The van der Waals surface area contributed by atoms with E-state index < -0.39 is 16.4 Å². The molecule has 0 bridgehead atoms. The first-order valence-electron chi connectivity index (χ1n) is 9.29. The van der Waals surface area contributed by atoms with Crippen molar-refractivity contribution in [2.24, 2.45) is 0 Å². The van der Waals surface area contributed by atoms with Gasteiger partial charge in [0.25, 0.3) is 11.2 Å². The van der Waals surface area contributed by atoms with E-state index in [2.05, 4.69) is 10.4 Å². The average molecular weight is 440 g/mol. The number of nitrogens with zero attached hydrogens (tertiary/aromatic N) is 3. The van der Waals surface area contributed by atoms with E-state index in [4.69, 9.17) is 14.2 Å². The van der Waals surface area contributed by atoms with Gasteiger partial charge >= 0.3 is 0 Å². The number of nitro groups is 1. The van der Waals surface area contributed by atoms with Crippen LogP contribution < -0.4 is 25.1 Å². The SMILES string of the molecule is COc1cc([N+](=O)[O-])ccc1NC(=O)Cn1nc(-c2ccc(OC)c(OC)c2)ccc1=O. The molecule has 166 valence electrons. The fourth-order valence-electron chi connectivity index (χ4n) is 2.93. The summed E-state index contributed by atoms with van der Waals surface area (Å²) in [5, 5.41) is 17.7. The second kappa shape index (κ2) is 9.60. The van der Waals surface area contributed by atoms with Crippen LogP contribution in [-0.4, -0.2) is 41.9 Å². The normalized spacial score (nSPS) is 10.3. The number of benzene rings is 2. The van der Waals surface area contributed by atoms with Gasteiger partial charge in [0.1, 0.15) is 12.3 Å². The average Bonchev–Trinajstić information content (AvgIpc) is 2.80. The Morgan fingerprint density at radius 3 is 2.38 bits per heavy atom. The van der Waals surface area contributed by atoms with Gasteiger partial charge in [0.15, 0.2) is 11.5 Å². The number of nitrogens with one attached hydrogen (secondary N) is 1. The number of methoxy groups -OCH3 is 3. The Morgan fingerprint density at radius 2 is 1.72 bits per heavy atom. The first-order valence-corrected chi connectivity index (χ1v) is 9.29. The van der Waals surface area contributed by atoms with Crippen molar-refractivity contribution in [2.75, 3.05) is 26.6 Å². The lowest BCUT2D eigenvalue weighted by molar-refractivity contribution is -0.384. The third-order valence-electron chi connectivity index (χ3n) is 4.51. The van der Waals surface area contributed by atoms with Crippen LogP contribution in [0.25, 0.3) is 11.3 Å². The van der Waals surface area contributed by atoms with Gasteiger partial charge in [-0.3, -0.25) is 19.7 Å². The van der Waals surface area contributed by atoms with E-state index in [9.17, 15) is 19.7 Å². The summed E-state index contributed by atoms with van der Waals surface area (Å²) in [5.74, 6) is 0.594. The van der Waals surface area contributed by atoms with Crippen molar-refractivity contribution in [3.63, 3.8) is 0 Å². The lowest BCUT2D eigenvalue weighted by Crippen LogP contribution is -2.29. The third kappa shape index (κ3) is 4.83. The van der Waals surface area contributed by atoms with E-state index in [1.165, 1.54) is 51.7 Å². The Kier molecular flexibility index (Phi) is 6.68. The minimum atomic E-state index is -0.572. The number of nitro benzene ring substituents is 1. The molecular weight excluding hydrogens is 420 g/mol. The first-order chi connectivity index (χ1) is 15.4. The number of hydrogen-bond acceptors (Lipinski definition) is 8. The molecule has 0 aliphatic carbocycles. The highest BCUT2D eigenvalue weighted by Gasteiger charge is 2.15. The van der Waals surface area contributed by atoms with Gasteiger partial charge in [0, 0.05) is 17.7 Å². The van der Waals surface area contributed by atoms with Crippen molar-refractivity contribution < 1.29 is 23.9 Å². The molecule has 0 fully saturated rings. The molecule has 0 radical (unpaired) electrons. The standard InChI is InChI=1S/C21H20N4O7/c1-30-17-8-4-13(10-19(17)32-3)15-7-9-21(27)24(23-15)12-20(26)22-16-6-5-14(25(28)29)11-18(16)31-2/h4-11H,12H2,1-3H3,(H,22,26). The molecule has 0 saturated heterocycles. The van der Waals surface area contributed by atoms with Crippen LogP contribution in [0.4, 0.5) is 11.4 Å². The third-order valence-corrected chi connectivity index (χ3v) is 4.51. The highest BCUT2D eigenvalue weighted by Crippen LogP contribution is 2.31. The number of aromatic nitrogens is 2. The molecule has 3 aromatic rings. The summed E-state index contributed by atoms with van der Waals surface area (Å²) >= 11 is 0. The summed E-state index contributed by atoms with van der Waals surface area (Å²) in [6.45, 7) is -0.375. The van der Waals surface area contributed by atoms with Crippen LogP contribution in [0.5, 0.6) is 17.2 Å². The summed E-state index contributed by atoms with van der Waals surface area (Å²) in [6.07, 6.45) is 0. The molecule has 1 amide bonds. The lowest BCUT2D eigenvalue weighted by Gasteiger charge is -2.12. The van der Waals surface area contributed by atoms with Gasteiger partial charge < -0.3 is 19.5 Å². The van der Waals surface area contributed by atoms with Crippen molar-refractivity contribution >= 4 is 17.3 Å². The Morgan fingerprint density at radius 1 is 1.00 bits per heavy atom. The summed E-state index contributed by atoms with van der Waals surface area (Å²) in [4.78, 5) is 35.1. The largest absolute Gasteiger partial charge is 0.494 e. The fraction of sp³-hybridized carbons (Fsp3) is 0.190. The van der Waals surface area contributed by atoms with E-state index >= 15 is 0 Å². The van der Waals surface area contributed by atoms with Gasteiger partial charge in [-0.2, -0.15) is 5.10 Å². The fourth-order valence-corrected chi connectivity index (χ4v) is 2.93. The summed E-state index contributed by atoms with van der Waals surface area (Å²) in [7, 11) is 4.36. The van der Waals surface area contributed by atoms with E-state index in [1.54, 1.807) is 18.2 Å². The van der Waals surface area contributed by atoms with Crippen molar-refractivity contribution in [1.29, 1.82) is 0 Å². The molecule has 0 spiro atoms. The van der Waals surface area contributed by atoms with Crippen LogP contribution in [0.2, 0.25) is 0 Å². The monoisotopic (exact) mass is 440 g/mol. The predicted molar refractivity (Wildman–Crippen MR) is 115 cm³/mol. The minimum Gasteiger partial charge on any atom is -0.494 e. The maximum absolute atomic E-state index is 12.5. The quantitative estimate of drug-likeness (QED) is 0.417. The Balaban J connectivity index is 1.83. The molecule has 0 atom stereocenters. The molecule has 0 aliphatic heterocycles. The number of ether oxygens (including phenoxy) is 3. The maximum atomic E-state index is 12.5. The van der Waals surface area contributed by atoms with Crippen LogP contribution in [-0.2, 0) is 11.3 Å². The highest BCUT2D eigenvalue weighted by atomic mass is 16.6. The zero-order chi connectivity index (χ0) is 23.3. The zero-order valence-corrected chi connectivity index (χ0v) is 17.5. The van der Waals surface area contributed by atoms with Crippen LogP contribution >= 0.6 is 0 Å². The van der Waals surface area contributed by atoms with Crippen molar-refractivity contribution in [1.82, 2.24) is 9.78 Å². The smallest absolute Gasteiger partial charge is 0.273 e. The van der Waals surface area contributed by atoms with Gasteiger partial charge in [0.05, 0.1) is 43.7 Å². The molecule has 0 saturated carbocycles. The highest BCUT2D eigenvalue weighted by molar-refractivity contribution is 5.92. The molecule has 0 aliphatic rings. The number of anilines is 1. The number of rotatable bonds is 8. The van der Waals surface area contributed by atoms with Crippen LogP contribution in [0.3, 0.4) is 0 Å². The molecule has 0 unspecified atom stereocenters. The van der Waals surface area contributed by atoms with E-state index in [0.717, 1.165) is 4.68 Å². The summed E-state index contributed by atoms with van der Waals surface area (Å²) in [6, 6.07) is 11.8. The zero-order valence-electron chi connectivity index (χ0n) is 17.5. The Labute approximate surface area is 182 Å². The number of amides is 1. The number of hydrogen-bond donors (Lipinski definition) is 1. The molecule has 11 heteroatoms. The molecule has 1 N–H and O–H groups in total. The molecule has 1 aromatic heterocycles. The Hall–Kier alpha value is -4.41. The lowest BCUT2D eigenvalue weighted by atomic mass is 10.1. The van der Waals surface area contributed by atoms with Crippen molar-refractivity contribution in [2.45, 2.75) is 6.54 Å². The molecular formula is C21H20N4O7. The van der Waals surface area contributed by atoms with Gasteiger partial charge in [-0.25, -0.2) is 4.68 Å². The topological polar surface area (TPSA) is 135 Å². The van der Waals surface area contributed by atoms with Gasteiger partial charge in [-0.1, -0.05) is 0 Å². The first kappa shape index (κ1) is 22.3. The summed E-state index contributed by atoms with van der Waals surface area (Å²) in [5.41, 5.74) is 0.688. The van der Waals surface area contributed by atoms with E-state index in [-0.39, 0.29) is 23.7 Å². The maximum Gasteiger partial charge on any atom is 0.273 e. The number of carbonyl (C=O) groups excluding carboxylic acids is 1. The van der Waals surface area contributed by atoms with Crippen LogP contribution in [0.15, 0.2) is 53.3 Å². The van der Waals surface area contributed by atoms with Gasteiger partial charge in [-0.15, -0.1) is 0 Å². The van der Waals surface area contributed by atoms with E-state index in [1.807, 2.05) is 0 Å². The second-order valence-electron chi connectivity index (χ2n) is 6.47. The summed E-state index contributed by atoms with van der Waals surface area (Å²) < 4.78 is 16.6. The molecule has 2 aromatic carbocycles. The van der Waals surface area contributed by atoms with Gasteiger partial charge in [0.2, 0.25) is 5.91 Å². The van der Waals surface area contributed by atoms with E-state index in [0.29, 0.717) is 22.8 Å². The minimum absolute atomic E-state index is 0.118. The van der Waals surface area contributed by atoms with Crippen LogP contribution in [0, 0.1) is 10.1 Å². The van der Waals surface area contributed by atoms with Crippen molar-refractivity contribution in [3.8, 4) is 28.5 Å². The Bertz CT molecular complexity index is 1220.